The van der Waals surface area contributed by atoms with E-state index in [1.807, 2.05) is 42.6 Å². The van der Waals surface area contributed by atoms with E-state index in [1.54, 1.807) is 36.3 Å². The average molecular weight is 394 g/mol. The zero-order valence-corrected chi connectivity index (χ0v) is 16.7. The number of benzene rings is 2. The van der Waals surface area contributed by atoms with Crippen molar-refractivity contribution < 1.29 is 14.3 Å². The highest BCUT2D eigenvalue weighted by Gasteiger charge is 2.21. The highest BCUT2D eigenvalue weighted by atomic mass is 32.1. The standard InChI is InChI=1S/C22H22N2O3S/c1-4-13-24(22-23-18(15-28-22)16-9-7-6-8-10-16)21(25)17-11-12-19(27-5-2)20(14-17)26-3/h4,6-12,14-15H,1,5,13H2,2-3H3. The lowest BCUT2D eigenvalue weighted by atomic mass is 10.1. The van der Waals surface area contributed by atoms with Crippen LogP contribution in [-0.4, -0.2) is 31.2 Å². The average Bonchev–Trinajstić information content (AvgIpc) is 3.22. The van der Waals surface area contributed by atoms with E-state index in [-0.39, 0.29) is 5.91 Å². The first-order valence-corrected chi connectivity index (χ1v) is 9.80. The molecule has 0 saturated heterocycles. The molecule has 0 aliphatic heterocycles. The highest BCUT2D eigenvalue weighted by Crippen LogP contribution is 2.31. The summed E-state index contributed by atoms with van der Waals surface area (Å²) in [5.74, 6) is 0.961. The molecule has 0 spiro atoms. The Hall–Kier alpha value is -3.12. The summed E-state index contributed by atoms with van der Waals surface area (Å²) in [7, 11) is 1.56. The van der Waals surface area contributed by atoms with Gasteiger partial charge in [-0.3, -0.25) is 9.69 Å². The summed E-state index contributed by atoms with van der Waals surface area (Å²) in [5, 5.41) is 2.57. The van der Waals surface area contributed by atoms with Crippen LogP contribution in [0.2, 0.25) is 0 Å². The van der Waals surface area contributed by atoms with Crippen LogP contribution in [0.15, 0.2) is 66.6 Å². The maximum Gasteiger partial charge on any atom is 0.260 e. The Morgan fingerprint density at radius 3 is 2.68 bits per heavy atom. The molecular weight excluding hydrogens is 372 g/mol. The molecule has 0 atom stereocenters. The van der Waals surface area contributed by atoms with Crippen molar-refractivity contribution in [2.24, 2.45) is 0 Å². The van der Waals surface area contributed by atoms with Gasteiger partial charge in [0.25, 0.3) is 5.91 Å². The maximum atomic E-state index is 13.2. The fourth-order valence-corrected chi connectivity index (χ4v) is 3.58. The monoisotopic (exact) mass is 394 g/mol. The van der Waals surface area contributed by atoms with Gasteiger partial charge in [-0.05, 0) is 25.1 Å². The summed E-state index contributed by atoms with van der Waals surface area (Å²) in [6, 6.07) is 15.1. The van der Waals surface area contributed by atoms with Gasteiger partial charge >= 0.3 is 0 Å². The summed E-state index contributed by atoms with van der Waals surface area (Å²) >= 11 is 1.43. The molecular formula is C22H22N2O3S. The second kappa shape index (κ2) is 9.19. The van der Waals surface area contributed by atoms with E-state index in [9.17, 15) is 4.79 Å². The third-order valence-electron chi connectivity index (χ3n) is 4.06. The van der Waals surface area contributed by atoms with E-state index in [1.165, 1.54) is 11.3 Å². The van der Waals surface area contributed by atoms with Crippen molar-refractivity contribution in [1.29, 1.82) is 0 Å². The van der Waals surface area contributed by atoms with Gasteiger partial charge in [-0.25, -0.2) is 4.98 Å². The molecule has 1 amide bonds. The van der Waals surface area contributed by atoms with E-state index >= 15 is 0 Å². The van der Waals surface area contributed by atoms with Crippen LogP contribution in [0, 0.1) is 0 Å². The topological polar surface area (TPSA) is 51.7 Å². The van der Waals surface area contributed by atoms with Gasteiger partial charge < -0.3 is 9.47 Å². The molecule has 0 bridgehead atoms. The number of carbonyl (C=O) groups excluding carboxylic acids is 1. The zero-order valence-electron chi connectivity index (χ0n) is 15.9. The summed E-state index contributed by atoms with van der Waals surface area (Å²) in [5.41, 5.74) is 2.35. The number of carbonyl (C=O) groups is 1. The summed E-state index contributed by atoms with van der Waals surface area (Å²) in [4.78, 5) is 19.4. The second-order valence-corrected chi connectivity index (χ2v) is 6.72. The molecule has 144 valence electrons. The summed E-state index contributed by atoms with van der Waals surface area (Å²) in [6.45, 7) is 6.56. The Labute approximate surface area is 168 Å². The minimum atomic E-state index is -0.171. The first kappa shape index (κ1) is 19.6. The summed E-state index contributed by atoms with van der Waals surface area (Å²) < 4.78 is 10.9. The van der Waals surface area contributed by atoms with Gasteiger partial charge in [0.05, 0.1) is 19.4 Å². The highest BCUT2D eigenvalue weighted by molar-refractivity contribution is 7.14. The van der Waals surface area contributed by atoms with Crippen molar-refractivity contribution in [3.8, 4) is 22.8 Å². The second-order valence-electron chi connectivity index (χ2n) is 5.88. The molecule has 5 nitrogen and oxygen atoms in total. The number of methoxy groups -OCH3 is 1. The Kier molecular flexibility index (Phi) is 6.45. The van der Waals surface area contributed by atoms with Crippen molar-refractivity contribution in [3.63, 3.8) is 0 Å². The van der Waals surface area contributed by atoms with Crippen LogP contribution in [0.5, 0.6) is 11.5 Å². The minimum absolute atomic E-state index is 0.171. The Balaban J connectivity index is 1.91. The third-order valence-corrected chi connectivity index (χ3v) is 4.92. The van der Waals surface area contributed by atoms with Gasteiger partial charge in [-0.1, -0.05) is 36.4 Å². The quantitative estimate of drug-likeness (QED) is 0.502. The third kappa shape index (κ3) is 4.23. The van der Waals surface area contributed by atoms with Gasteiger partial charge in [0.1, 0.15) is 0 Å². The number of aromatic nitrogens is 1. The van der Waals surface area contributed by atoms with Crippen LogP contribution in [0.4, 0.5) is 5.13 Å². The largest absolute Gasteiger partial charge is 0.493 e. The molecule has 1 heterocycles. The van der Waals surface area contributed by atoms with E-state index < -0.39 is 0 Å². The van der Waals surface area contributed by atoms with Crippen LogP contribution in [-0.2, 0) is 0 Å². The maximum absolute atomic E-state index is 13.2. The molecule has 0 N–H and O–H groups in total. The lowest BCUT2D eigenvalue weighted by molar-refractivity contribution is 0.0989. The SMILES string of the molecule is C=CCN(C(=O)c1ccc(OCC)c(OC)c1)c1nc(-c2ccccc2)cs1. The lowest BCUT2D eigenvalue weighted by Crippen LogP contribution is -2.31. The molecule has 3 aromatic rings. The van der Waals surface area contributed by atoms with Crippen molar-refractivity contribution in [1.82, 2.24) is 4.98 Å². The van der Waals surface area contributed by atoms with E-state index in [0.29, 0.717) is 35.3 Å². The molecule has 0 saturated carbocycles. The van der Waals surface area contributed by atoms with Crippen molar-refractivity contribution >= 4 is 22.4 Å². The van der Waals surface area contributed by atoms with E-state index in [4.69, 9.17) is 9.47 Å². The number of thiazole rings is 1. The molecule has 3 rings (SSSR count). The molecule has 2 aromatic carbocycles. The number of nitrogens with zero attached hydrogens (tertiary/aromatic N) is 2. The number of amides is 1. The van der Waals surface area contributed by atoms with Crippen LogP contribution in [0.1, 0.15) is 17.3 Å². The first-order chi connectivity index (χ1) is 13.7. The number of hydrogen-bond acceptors (Lipinski definition) is 5. The Bertz CT molecular complexity index is 953. The molecule has 28 heavy (non-hydrogen) atoms. The predicted molar refractivity (Wildman–Crippen MR) is 114 cm³/mol. The van der Waals surface area contributed by atoms with Crippen LogP contribution in [0.3, 0.4) is 0 Å². The van der Waals surface area contributed by atoms with Gasteiger partial charge in [0, 0.05) is 23.1 Å². The fourth-order valence-electron chi connectivity index (χ4n) is 2.74. The van der Waals surface area contributed by atoms with Crippen molar-refractivity contribution in [2.75, 3.05) is 25.2 Å². The molecule has 0 radical (unpaired) electrons. The molecule has 1 aromatic heterocycles. The van der Waals surface area contributed by atoms with Gasteiger partial charge in [-0.2, -0.15) is 0 Å². The van der Waals surface area contributed by atoms with Gasteiger partial charge in [0.2, 0.25) is 0 Å². The van der Waals surface area contributed by atoms with Crippen LogP contribution in [0.25, 0.3) is 11.3 Å². The van der Waals surface area contributed by atoms with Crippen LogP contribution >= 0.6 is 11.3 Å². The Morgan fingerprint density at radius 1 is 1.21 bits per heavy atom. The van der Waals surface area contributed by atoms with Gasteiger partial charge in [-0.15, -0.1) is 17.9 Å². The minimum Gasteiger partial charge on any atom is -0.493 e. The molecule has 0 unspecified atom stereocenters. The Morgan fingerprint density at radius 2 is 2.00 bits per heavy atom. The molecule has 0 aliphatic carbocycles. The molecule has 0 aliphatic rings. The van der Waals surface area contributed by atoms with Crippen molar-refractivity contribution in [3.05, 3.63) is 72.1 Å². The smallest absolute Gasteiger partial charge is 0.260 e. The number of rotatable bonds is 8. The number of hydrogen-bond donors (Lipinski definition) is 0. The fraction of sp³-hybridized carbons (Fsp3) is 0.182. The summed E-state index contributed by atoms with van der Waals surface area (Å²) in [6.07, 6.45) is 1.69. The van der Waals surface area contributed by atoms with Gasteiger partial charge in [0.15, 0.2) is 16.6 Å². The molecule has 6 heteroatoms. The van der Waals surface area contributed by atoms with Crippen molar-refractivity contribution in [2.45, 2.75) is 6.92 Å². The molecule has 0 fully saturated rings. The normalized spacial score (nSPS) is 10.4. The lowest BCUT2D eigenvalue weighted by Gasteiger charge is -2.19. The van der Waals surface area contributed by atoms with E-state index in [2.05, 4.69) is 11.6 Å². The zero-order chi connectivity index (χ0) is 19.9. The first-order valence-electron chi connectivity index (χ1n) is 8.92. The van der Waals surface area contributed by atoms with Crippen LogP contribution < -0.4 is 14.4 Å². The number of anilines is 1. The van der Waals surface area contributed by atoms with E-state index in [0.717, 1.165) is 11.3 Å². The number of ether oxygens (including phenoxy) is 2. The predicted octanol–water partition coefficient (Wildman–Crippen LogP) is 5.05.